The minimum Gasteiger partial charge on any atom is -0.345 e. The number of carbonyl (C=O) groups is 3. The van der Waals surface area contributed by atoms with E-state index in [2.05, 4.69) is 25.8 Å². The van der Waals surface area contributed by atoms with Gasteiger partial charge in [-0.15, -0.1) is 0 Å². The van der Waals surface area contributed by atoms with E-state index in [1.165, 1.54) is 0 Å². The summed E-state index contributed by atoms with van der Waals surface area (Å²) in [6.45, 7) is 5.32. The maximum absolute atomic E-state index is 13.1. The minimum atomic E-state index is -1.19. The third kappa shape index (κ3) is 2.98. The van der Waals surface area contributed by atoms with Gasteiger partial charge in [0.2, 0.25) is 0 Å². The molecule has 1 aromatic carbocycles. The molecule has 0 bridgehead atoms. The van der Waals surface area contributed by atoms with Crippen molar-refractivity contribution < 1.29 is 14.4 Å². The quantitative estimate of drug-likeness (QED) is 0.563. The number of hydrogen-bond donors (Lipinski definition) is 1. The normalized spacial score (nSPS) is 21.9. The summed E-state index contributed by atoms with van der Waals surface area (Å²) in [7, 11) is 0. The average molecular weight is 444 g/mol. The second-order valence-electron chi connectivity index (χ2n) is 7.77. The van der Waals surface area contributed by atoms with Gasteiger partial charge >= 0.3 is 6.03 Å². The number of aryl methyl sites for hydroxylation is 1. The van der Waals surface area contributed by atoms with Crippen LogP contribution in [0, 0.1) is 13.8 Å². The fourth-order valence-electron chi connectivity index (χ4n) is 4.02. The third-order valence-corrected chi connectivity index (χ3v) is 6.17. The number of benzene rings is 1. The molecule has 6 nitrogen and oxygen atoms in total. The highest BCUT2D eigenvalue weighted by Crippen LogP contribution is 2.38. The number of urea groups is 1. The first-order valence-electron chi connectivity index (χ1n) is 9.34. The van der Waals surface area contributed by atoms with Gasteiger partial charge in [-0.3, -0.25) is 14.5 Å². The highest BCUT2D eigenvalue weighted by atomic mass is 79.9. The van der Waals surface area contributed by atoms with Crippen molar-refractivity contribution in [3.63, 3.8) is 0 Å². The molecule has 1 saturated heterocycles. The summed E-state index contributed by atoms with van der Waals surface area (Å²) >= 11 is 3.39. The van der Waals surface area contributed by atoms with Crippen LogP contribution in [0.25, 0.3) is 0 Å². The smallest absolute Gasteiger partial charge is 0.325 e. The summed E-state index contributed by atoms with van der Waals surface area (Å²) < 4.78 is 3.00. The van der Waals surface area contributed by atoms with Gasteiger partial charge in [0.05, 0.1) is 6.54 Å². The van der Waals surface area contributed by atoms with Crippen LogP contribution in [0.1, 0.15) is 53.1 Å². The number of aromatic nitrogens is 1. The van der Waals surface area contributed by atoms with Gasteiger partial charge in [0.15, 0.2) is 5.78 Å². The Bertz CT molecular complexity index is 1010. The molecule has 1 N–H and O–H groups in total. The van der Waals surface area contributed by atoms with Gasteiger partial charge in [0.25, 0.3) is 5.91 Å². The lowest BCUT2D eigenvalue weighted by Crippen LogP contribution is -2.41. The Morgan fingerprint density at radius 3 is 2.61 bits per heavy atom. The van der Waals surface area contributed by atoms with Gasteiger partial charge in [-0.2, -0.15) is 0 Å². The number of Topliss-reactive ketones (excluding diaryl/α,β-unsaturated/α-hetero) is 1. The van der Waals surface area contributed by atoms with Crippen molar-refractivity contribution in [2.45, 2.75) is 45.2 Å². The number of halogens is 1. The zero-order chi connectivity index (χ0) is 20.2. The molecular weight excluding hydrogens is 422 g/mol. The largest absolute Gasteiger partial charge is 0.345 e. The first-order valence-corrected chi connectivity index (χ1v) is 10.1. The van der Waals surface area contributed by atoms with E-state index in [1.807, 2.05) is 32.0 Å². The molecule has 2 aliphatic rings. The molecule has 28 heavy (non-hydrogen) atoms. The molecule has 7 heteroatoms. The highest BCUT2D eigenvalue weighted by Gasteiger charge is 2.49. The zero-order valence-corrected chi connectivity index (χ0v) is 17.7. The lowest BCUT2D eigenvalue weighted by atomic mass is 9.92. The van der Waals surface area contributed by atoms with Crippen LogP contribution in [0.15, 0.2) is 34.8 Å². The SMILES string of the molecule is Cc1cc(C(=O)CN2C(=O)N[C@@](C)(c3cccc(Br)c3)C2=O)c(C)n1C1CC1. The van der Waals surface area contributed by atoms with Crippen molar-refractivity contribution in [1.29, 1.82) is 0 Å². The molecule has 2 fully saturated rings. The second-order valence-corrected chi connectivity index (χ2v) is 8.68. The van der Waals surface area contributed by atoms with E-state index in [0.29, 0.717) is 17.2 Å². The Kier molecular flexibility index (Phi) is 4.45. The van der Waals surface area contributed by atoms with E-state index in [1.54, 1.807) is 19.1 Å². The standard InChI is InChI=1S/C21H22BrN3O3/c1-12-9-17(13(2)25(12)16-7-8-16)18(26)11-24-19(27)21(3,23-20(24)28)14-5-4-6-15(22)10-14/h4-6,9-10,16H,7-8,11H2,1-3H3,(H,23,28)/t21-/m0/s1. The highest BCUT2D eigenvalue weighted by molar-refractivity contribution is 9.10. The lowest BCUT2D eigenvalue weighted by Gasteiger charge is -2.22. The molecule has 146 valence electrons. The van der Waals surface area contributed by atoms with Crippen LogP contribution in [0.3, 0.4) is 0 Å². The number of imide groups is 1. The summed E-state index contributed by atoms with van der Waals surface area (Å²) in [5.41, 5.74) is 2.01. The van der Waals surface area contributed by atoms with Crippen LogP contribution in [0.2, 0.25) is 0 Å². The molecule has 1 atom stereocenters. The van der Waals surface area contributed by atoms with E-state index in [0.717, 1.165) is 33.6 Å². The number of ketones is 1. The van der Waals surface area contributed by atoms with E-state index in [9.17, 15) is 14.4 Å². The molecule has 1 aliphatic heterocycles. The van der Waals surface area contributed by atoms with E-state index in [-0.39, 0.29) is 12.3 Å². The Balaban J connectivity index is 1.59. The topological polar surface area (TPSA) is 71.4 Å². The summed E-state index contributed by atoms with van der Waals surface area (Å²) in [5.74, 6) is -0.637. The lowest BCUT2D eigenvalue weighted by molar-refractivity contribution is -0.130. The van der Waals surface area contributed by atoms with Crippen LogP contribution < -0.4 is 5.32 Å². The Hall–Kier alpha value is -2.41. The minimum absolute atomic E-state index is 0.220. The van der Waals surface area contributed by atoms with Crippen molar-refractivity contribution >= 4 is 33.7 Å². The van der Waals surface area contributed by atoms with E-state index >= 15 is 0 Å². The zero-order valence-electron chi connectivity index (χ0n) is 16.1. The predicted molar refractivity (Wildman–Crippen MR) is 108 cm³/mol. The second kappa shape index (κ2) is 6.58. The van der Waals surface area contributed by atoms with Crippen LogP contribution in [-0.2, 0) is 10.3 Å². The van der Waals surface area contributed by atoms with E-state index < -0.39 is 17.5 Å². The predicted octanol–water partition coefficient (Wildman–Crippen LogP) is 3.85. The monoisotopic (exact) mass is 443 g/mol. The first kappa shape index (κ1) is 18.9. The van der Waals surface area contributed by atoms with Gasteiger partial charge in [-0.05, 0) is 57.4 Å². The molecule has 2 heterocycles. The van der Waals surface area contributed by atoms with Crippen LogP contribution >= 0.6 is 15.9 Å². The summed E-state index contributed by atoms with van der Waals surface area (Å²) in [5, 5.41) is 2.75. The number of carbonyl (C=O) groups excluding carboxylic acids is 3. The van der Waals surface area contributed by atoms with Gasteiger partial charge in [0.1, 0.15) is 5.54 Å². The molecule has 1 aromatic heterocycles. The number of amides is 3. The molecule has 0 radical (unpaired) electrons. The summed E-state index contributed by atoms with van der Waals surface area (Å²) in [6, 6.07) is 9.04. The molecule has 4 rings (SSSR count). The first-order chi connectivity index (χ1) is 13.2. The Morgan fingerprint density at radius 1 is 1.25 bits per heavy atom. The molecule has 0 unspecified atom stereocenters. The van der Waals surface area contributed by atoms with Crippen molar-refractivity contribution in [2.24, 2.45) is 0 Å². The van der Waals surface area contributed by atoms with E-state index in [4.69, 9.17) is 0 Å². The summed E-state index contributed by atoms with van der Waals surface area (Å²) in [6.07, 6.45) is 2.25. The van der Waals surface area contributed by atoms with Crippen LogP contribution in [-0.4, -0.2) is 33.7 Å². The number of rotatable bonds is 5. The number of nitrogens with zero attached hydrogens (tertiary/aromatic N) is 2. The number of nitrogens with one attached hydrogen (secondary N) is 1. The van der Waals surface area contributed by atoms with Gasteiger partial charge in [-0.25, -0.2) is 4.79 Å². The van der Waals surface area contributed by atoms with Crippen LogP contribution in [0.4, 0.5) is 4.79 Å². The van der Waals surface area contributed by atoms with Crippen molar-refractivity contribution in [3.8, 4) is 0 Å². The van der Waals surface area contributed by atoms with Gasteiger partial charge in [-0.1, -0.05) is 28.1 Å². The molecule has 0 spiro atoms. The Morgan fingerprint density at radius 2 is 1.96 bits per heavy atom. The van der Waals surface area contributed by atoms with Gasteiger partial charge < -0.3 is 9.88 Å². The molecule has 3 amide bonds. The molecule has 2 aromatic rings. The Labute approximate surface area is 172 Å². The number of hydrogen-bond acceptors (Lipinski definition) is 3. The molecule has 1 saturated carbocycles. The summed E-state index contributed by atoms with van der Waals surface area (Å²) in [4.78, 5) is 39.5. The third-order valence-electron chi connectivity index (χ3n) is 5.68. The van der Waals surface area contributed by atoms with Crippen molar-refractivity contribution in [2.75, 3.05) is 6.54 Å². The maximum atomic E-state index is 13.1. The molecule has 1 aliphatic carbocycles. The van der Waals surface area contributed by atoms with Gasteiger partial charge in [0, 0.05) is 27.5 Å². The van der Waals surface area contributed by atoms with Crippen molar-refractivity contribution in [1.82, 2.24) is 14.8 Å². The average Bonchev–Trinajstić information content (AvgIpc) is 3.39. The van der Waals surface area contributed by atoms with Crippen LogP contribution in [0.5, 0.6) is 0 Å². The maximum Gasteiger partial charge on any atom is 0.325 e. The fourth-order valence-corrected chi connectivity index (χ4v) is 4.42. The fraction of sp³-hybridized carbons (Fsp3) is 0.381. The molecular formula is C21H22BrN3O3. The van der Waals surface area contributed by atoms with Crippen molar-refractivity contribution in [3.05, 3.63) is 57.3 Å².